The van der Waals surface area contributed by atoms with E-state index in [4.69, 9.17) is 27.8 Å². The molecule has 0 amide bonds. The van der Waals surface area contributed by atoms with E-state index < -0.39 is 16.6 Å². The highest BCUT2D eigenvalue weighted by Gasteiger charge is 2.37. The summed E-state index contributed by atoms with van der Waals surface area (Å²) in [5, 5.41) is 0. The van der Waals surface area contributed by atoms with Gasteiger partial charge in [-0.1, -0.05) is 119 Å². The van der Waals surface area contributed by atoms with E-state index >= 15 is 0 Å². The first-order valence-corrected chi connectivity index (χ1v) is 29.2. The van der Waals surface area contributed by atoms with E-state index in [0.29, 0.717) is 0 Å². The van der Waals surface area contributed by atoms with Crippen molar-refractivity contribution in [3.8, 4) is 23.0 Å². The van der Waals surface area contributed by atoms with Crippen LogP contribution >= 0.6 is 0 Å². The first-order valence-electron chi connectivity index (χ1n) is 24.1. The molecule has 6 nitrogen and oxygen atoms in total. The molecule has 0 fully saturated rings. The van der Waals surface area contributed by atoms with Crippen LogP contribution in [0, 0.1) is 11.8 Å². The van der Waals surface area contributed by atoms with Gasteiger partial charge < -0.3 is 27.8 Å². The lowest BCUT2D eigenvalue weighted by molar-refractivity contribution is 0.131. The summed E-state index contributed by atoms with van der Waals surface area (Å²) in [6.45, 7) is 23.2. The summed E-state index contributed by atoms with van der Waals surface area (Å²) < 4.78 is 40.2. The first kappa shape index (κ1) is 51.8. The van der Waals surface area contributed by atoms with Crippen LogP contribution < -0.4 is 18.9 Å². The summed E-state index contributed by atoms with van der Waals surface area (Å²) in [5.41, 5.74) is 4.68. The van der Waals surface area contributed by atoms with Crippen molar-refractivity contribution in [3.05, 3.63) is 70.8 Å². The summed E-state index contributed by atoms with van der Waals surface area (Å²) in [4.78, 5) is 0. The molecule has 4 aliphatic carbocycles. The van der Waals surface area contributed by atoms with E-state index in [1.807, 2.05) is 28.4 Å². The minimum atomic E-state index is -1.98. The second-order valence-corrected chi connectivity index (χ2v) is 27.2. The van der Waals surface area contributed by atoms with Gasteiger partial charge in [0.2, 0.25) is 0 Å². The van der Waals surface area contributed by atoms with Crippen molar-refractivity contribution >= 4 is 16.6 Å². The van der Waals surface area contributed by atoms with Crippen molar-refractivity contribution in [2.45, 2.75) is 194 Å². The number of rotatable bonds is 20. The van der Waals surface area contributed by atoms with Crippen LogP contribution in [-0.2, 0) is 8.85 Å². The lowest BCUT2D eigenvalue weighted by Crippen LogP contribution is -2.38. The Labute approximate surface area is 370 Å². The zero-order chi connectivity index (χ0) is 44.3. The first-order chi connectivity index (χ1) is 29.0. The predicted molar refractivity (Wildman–Crippen MR) is 261 cm³/mol. The highest BCUT2D eigenvalue weighted by molar-refractivity contribution is 6.74. The van der Waals surface area contributed by atoms with Crippen molar-refractivity contribution in [2.24, 2.45) is 11.8 Å². The minimum absolute atomic E-state index is 0.0694. The van der Waals surface area contributed by atoms with E-state index in [1.54, 1.807) is 0 Å². The number of hydrogen-bond acceptors (Lipinski definition) is 6. The van der Waals surface area contributed by atoms with Crippen LogP contribution in [-0.4, -0.2) is 45.1 Å². The summed E-state index contributed by atoms with van der Waals surface area (Å²) >= 11 is 0. The van der Waals surface area contributed by atoms with Crippen LogP contribution in [0.15, 0.2) is 48.6 Å². The van der Waals surface area contributed by atoms with Crippen molar-refractivity contribution in [1.29, 1.82) is 0 Å². The maximum absolute atomic E-state index is 7.47. The zero-order valence-electron chi connectivity index (χ0n) is 40.8. The molecule has 6 rings (SSSR count). The normalized spacial score (nSPS) is 23.1. The molecule has 0 heterocycles. The molecule has 0 N–H and O–H groups in total. The number of benzene rings is 2. The zero-order valence-corrected chi connectivity index (χ0v) is 42.8. The second kappa shape index (κ2) is 26.2. The lowest BCUT2D eigenvalue weighted by atomic mass is 9.85. The van der Waals surface area contributed by atoms with Gasteiger partial charge in [0.1, 0.15) is 23.0 Å². The molecule has 4 bridgehead atoms. The molecule has 2 aromatic rings. The highest BCUT2D eigenvalue weighted by Crippen LogP contribution is 2.47. The monoisotopic (exact) mass is 865 g/mol. The summed E-state index contributed by atoms with van der Waals surface area (Å²) in [5.74, 6) is 4.68. The molecule has 0 spiro atoms. The van der Waals surface area contributed by atoms with Gasteiger partial charge in [-0.2, -0.15) is 0 Å². The van der Waals surface area contributed by atoms with E-state index in [-0.39, 0.29) is 35.9 Å². The van der Waals surface area contributed by atoms with Crippen molar-refractivity contribution < 1.29 is 27.8 Å². The minimum Gasteiger partial charge on any atom is -0.496 e. The Bertz CT molecular complexity index is 1410. The molecule has 0 radical (unpaired) electrons. The van der Waals surface area contributed by atoms with Gasteiger partial charge in [-0.05, 0) is 134 Å². The van der Waals surface area contributed by atoms with Gasteiger partial charge in [0.25, 0.3) is 0 Å². The van der Waals surface area contributed by atoms with E-state index in [1.165, 1.54) is 11.1 Å². The molecule has 6 atom stereocenters. The average Bonchev–Trinajstić information content (AvgIpc) is 3.28. The fourth-order valence-electron chi connectivity index (χ4n) is 9.67. The molecule has 0 aliphatic heterocycles. The van der Waals surface area contributed by atoms with Gasteiger partial charge >= 0.3 is 0 Å². The average molecular weight is 865 g/mol. The maximum atomic E-state index is 7.47. The third kappa shape index (κ3) is 13.2. The third-order valence-corrected chi connectivity index (χ3v) is 23.5. The molecule has 0 unspecified atom stereocenters. The van der Waals surface area contributed by atoms with Gasteiger partial charge in [-0.25, -0.2) is 0 Å². The summed E-state index contributed by atoms with van der Waals surface area (Å²) in [6, 6.07) is 15.7. The van der Waals surface area contributed by atoms with Crippen molar-refractivity contribution in [1.82, 2.24) is 0 Å². The SMILES string of the molecule is CCCC[C@H]1C/C=C/C[C@H](C)[C@@H](O[Si](CC)(CC)CC)c2cc(OC)c(c(OC)c2)[C@@H](CCCC)C/C=C/C[C@H](C)[C@@H](O[Si](CC)(CC)CC)c2cc(OC)c1c(OC)c2. The van der Waals surface area contributed by atoms with Gasteiger partial charge in [0.15, 0.2) is 16.6 Å². The lowest BCUT2D eigenvalue weighted by Gasteiger charge is -2.37. The van der Waals surface area contributed by atoms with Crippen molar-refractivity contribution in [2.75, 3.05) is 28.4 Å². The van der Waals surface area contributed by atoms with Crippen LogP contribution in [0.2, 0.25) is 36.3 Å². The predicted octanol–water partition coefficient (Wildman–Crippen LogP) is 16.1. The Kier molecular flexibility index (Phi) is 22.6. The van der Waals surface area contributed by atoms with Crippen LogP contribution in [0.3, 0.4) is 0 Å². The quantitative estimate of drug-likeness (QED) is 0.0976. The third-order valence-electron chi connectivity index (χ3n) is 14.3. The van der Waals surface area contributed by atoms with Crippen molar-refractivity contribution in [3.63, 3.8) is 0 Å². The smallest absolute Gasteiger partial charge is 0.192 e. The van der Waals surface area contributed by atoms with Gasteiger partial charge in [0.05, 0.1) is 40.6 Å². The highest BCUT2D eigenvalue weighted by atomic mass is 28.4. The molecule has 340 valence electrons. The molecular weight excluding hydrogens is 777 g/mol. The molecule has 4 aliphatic rings. The molecule has 60 heavy (non-hydrogen) atoms. The molecular formula is C52H88O6Si2. The van der Waals surface area contributed by atoms with Crippen LogP contribution in [0.4, 0.5) is 0 Å². The largest absolute Gasteiger partial charge is 0.496 e. The number of hydrogen-bond donors (Lipinski definition) is 0. The molecule has 0 aromatic heterocycles. The fraction of sp³-hybridized carbons (Fsp3) is 0.692. The number of methoxy groups -OCH3 is 4. The van der Waals surface area contributed by atoms with Crippen LogP contribution in [0.25, 0.3) is 0 Å². The van der Waals surface area contributed by atoms with E-state index in [2.05, 4.69) is 118 Å². The van der Waals surface area contributed by atoms with Gasteiger partial charge in [-0.3, -0.25) is 0 Å². The van der Waals surface area contributed by atoms with Gasteiger partial charge in [-0.15, -0.1) is 0 Å². The Hall–Kier alpha value is -2.53. The topological polar surface area (TPSA) is 55.4 Å². The number of ether oxygens (including phenoxy) is 4. The Morgan fingerprint density at radius 1 is 0.450 bits per heavy atom. The van der Waals surface area contributed by atoms with Crippen LogP contribution in [0.1, 0.15) is 180 Å². The Morgan fingerprint density at radius 2 is 0.733 bits per heavy atom. The molecule has 0 saturated heterocycles. The molecule has 2 aromatic carbocycles. The second-order valence-electron chi connectivity index (χ2n) is 17.8. The number of allylic oxidation sites excluding steroid dienone is 4. The number of unbranched alkanes of at least 4 members (excludes halogenated alkanes) is 2. The van der Waals surface area contributed by atoms with Gasteiger partial charge in [0, 0.05) is 11.1 Å². The summed E-state index contributed by atoms with van der Waals surface area (Å²) in [7, 11) is 3.33. The Morgan fingerprint density at radius 3 is 0.983 bits per heavy atom. The molecule has 0 saturated carbocycles. The van der Waals surface area contributed by atoms with E-state index in [0.717, 1.165) is 135 Å². The standard InChI is InChI=1S/C52H88O6Si2/c1-15-23-31-41-33-27-25-29-39(9)52(58-60(20-6,21-7)22-8)44-37-47(55-13)50(48(38-44)56-14)42(32-24-16-2)34-28-26-30-40(10)51(57-59(17-3,18-4)19-5)43-35-45(53-11)49(41)46(36-43)54-12/h25-28,35-42,51-52H,15-24,29-34H2,1-14H3/b27-25+,28-26+/t39-,40-,41-,42-,51+,52+/m0/s1. The van der Waals surface area contributed by atoms with Crippen LogP contribution in [0.5, 0.6) is 23.0 Å². The van der Waals surface area contributed by atoms with E-state index in [9.17, 15) is 0 Å². The fourth-order valence-corrected chi connectivity index (χ4v) is 15.5. The Balaban J connectivity index is 2.33. The molecule has 8 heteroatoms. The maximum Gasteiger partial charge on any atom is 0.192 e. The summed E-state index contributed by atoms with van der Waals surface area (Å²) in [6.07, 6.45) is 19.8.